The topological polar surface area (TPSA) is 12.9 Å². The van der Waals surface area contributed by atoms with Crippen molar-refractivity contribution >= 4 is 11.3 Å². The molecule has 0 atom stereocenters. The van der Waals surface area contributed by atoms with Gasteiger partial charge in [-0.25, -0.2) is 4.98 Å². The fourth-order valence-electron chi connectivity index (χ4n) is 1.92. The number of rotatable bonds is 2. The molecule has 0 saturated carbocycles. The molecular weight excluding hydrogens is 238 g/mol. The Hall–Kier alpha value is -1.93. The van der Waals surface area contributed by atoms with Crippen molar-refractivity contribution in [1.82, 2.24) is 4.98 Å². The van der Waals surface area contributed by atoms with E-state index in [0.29, 0.717) is 0 Å². The molecule has 0 aliphatic carbocycles. The van der Waals surface area contributed by atoms with Crippen molar-refractivity contribution < 1.29 is 0 Å². The van der Waals surface area contributed by atoms with Gasteiger partial charge in [0.25, 0.3) is 0 Å². The lowest BCUT2D eigenvalue weighted by Gasteiger charge is -1.98. The second-order valence-electron chi connectivity index (χ2n) is 4.27. The number of thiazole rings is 1. The number of benzene rings is 2. The van der Waals surface area contributed by atoms with Crippen LogP contribution >= 0.6 is 11.3 Å². The molecule has 0 amide bonds. The zero-order chi connectivity index (χ0) is 12.4. The van der Waals surface area contributed by atoms with Gasteiger partial charge in [-0.3, -0.25) is 0 Å². The van der Waals surface area contributed by atoms with E-state index in [1.54, 1.807) is 11.3 Å². The average molecular weight is 251 g/mol. The zero-order valence-electron chi connectivity index (χ0n) is 10.1. The fourth-order valence-corrected chi connectivity index (χ4v) is 2.76. The molecule has 0 aliphatic rings. The maximum absolute atomic E-state index is 4.71. The standard InChI is InChI=1S/C16H13NS/c1-12-6-5-9-14(10-12)15-11-18-16(17-15)13-7-3-2-4-8-13/h2-11H,1H3. The highest BCUT2D eigenvalue weighted by Crippen LogP contribution is 2.28. The summed E-state index contributed by atoms with van der Waals surface area (Å²) in [5.74, 6) is 0. The lowest BCUT2D eigenvalue weighted by molar-refractivity contribution is 1.38. The molecule has 2 aromatic carbocycles. The Morgan fingerprint density at radius 3 is 2.44 bits per heavy atom. The van der Waals surface area contributed by atoms with Crippen molar-refractivity contribution in [2.45, 2.75) is 6.92 Å². The SMILES string of the molecule is Cc1cccc(-c2csc(-c3ccccc3)n2)c1. The first kappa shape index (κ1) is 11.2. The van der Waals surface area contributed by atoms with Crippen LogP contribution in [0, 0.1) is 6.92 Å². The van der Waals surface area contributed by atoms with Crippen LogP contribution in [0.15, 0.2) is 60.0 Å². The second-order valence-corrected chi connectivity index (χ2v) is 5.13. The van der Waals surface area contributed by atoms with E-state index >= 15 is 0 Å². The van der Waals surface area contributed by atoms with Gasteiger partial charge in [0.15, 0.2) is 0 Å². The van der Waals surface area contributed by atoms with Crippen molar-refractivity contribution in [2.75, 3.05) is 0 Å². The Morgan fingerprint density at radius 2 is 1.67 bits per heavy atom. The van der Waals surface area contributed by atoms with Crippen molar-refractivity contribution in [2.24, 2.45) is 0 Å². The van der Waals surface area contributed by atoms with E-state index in [9.17, 15) is 0 Å². The lowest BCUT2D eigenvalue weighted by atomic mass is 10.1. The first-order valence-corrected chi connectivity index (χ1v) is 6.79. The third kappa shape index (κ3) is 2.20. The summed E-state index contributed by atoms with van der Waals surface area (Å²) in [4.78, 5) is 4.71. The molecule has 3 rings (SSSR count). The van der Waals surface area contributed by atoms with Crippen LogP contribution in [0.5, 0.6) is 0 Å². The van der Waals surface area contributed by atoms with Crippen molar-refractivity contribution in [3.8, 4) is 21.8 Å². The number of aryl methyl sites for hydroxylation is 1. The summed E-state index contributed by atoms with van der Waals surface area (Å²) < 4.78 is 0. The summed E-state index contributed by atoms with van der Waals surface area (Å²) in [6, 6.07) is 18.8. The fraction of sp³-hybridized carbons (Fsp3) is 0.0625. The molecular formula is C16H13NS. The minimum atomic E-state index is 1.06. The maximum Gasteiger partial charge on any atom is 0.124 e. The molecule has 0 bridgehead atoms. The molecule has 2 heteroatoms. The number of nitrogens with zero attached hydrogens (tertiary/aromatic N) is 1. The van der Waals surface area contributed by atoms with Gasteiger partial charge in [0, 0.05) is 16.5 Å². The average Bonchev–Trinajstić information content (AvgIpc) is 2.89. The molecule has 88 valence electrons. The number of hydrogen-bond acceptors (Lipinski definition) is 2. The van der Waals surface area contributed by atoms with Crippen LogP contribution in [0.3, 0.4) is 0 Å². The Kier molecular flexibility index (Phi) is 2.95. The first-order valence-electron chi connectivity index (χ1n) is 5.91. The van der Waals surface area contributed by atoms with Crippen LogP contribution < -0.4 is 0 Å². The monoisotopic (exact) mass is 251 g/mol. The van der Waals surface area contributed by atoms with Crippen LogP contribution in [-0.4, -0.2) is 4.98 Å². The van der Waals surface area contributed by atoms with Crippen molar-refractivity contribution in [3.05, 3.63) is 65.5 Å². The van der Waals surface area contributed by atoms with Crippen LogP contribution in [0.25, 0.3) is 21.8 Å². The van der Waals surface area contributed by atoms with Gasteiger partial charge in [-0.2, -0.15) is 0 Å². The van der Waals surface area contributed by atoms with Gasteiger partial charge in [-0.1, -0.05) is 54.1 Å². The van der Waals surface area contributed by atoms with Crippen LogP contribution in [-0.2, 0) is 0 Å². The van der Waals surface area contributed by atoms with E-state index in [1.807, 2.05) is 18.2 Å². The normalized spacial score (nSPS) is 10.5. The molecule has 0 spiro atoms. The highest BCUT2D eigenvalue weighted by Gasteiger charge is 2.05. The smallest absolute Gasteiger partial charge is 0.124 e. The molecule has 1 aromatic heterocycles. The highest BCUT2D eigenvalue weighted by molar-refractivity contribution is 7.13. The first-order chi connectivity index (χ1) is 8.83. The zero-order valence-corrected chi connectivity index (χ0v) is 10.9. The summed E-state index contributed by atoms with van der Waals surface area (Å²) in [7, 11) is 0. The van der Waals surface area contributed by atoms with E-state index < -0.39 is 0 Å². The third-order valence-corrected chi connectivity index (χ3v) is 3.73. The summed E-state index contributed by atoms with van der Waals surface area (Å²) in [5, 5.41) is 3.20. The molecule has 1 nitrogen and oxygen atoms in total. The minimum Gasteiger partial charge on any atom is -0.236 e. The van der Waals surface area contributed by atoms with Crippen LogP contribution in [0.4, 0.5) is 0 Å². The molecule has 3 aromatic rings. The van der Waals surface area contributed by atoms with Crippen LogP contribution in [0.1, 0.15) is 5.56 Å². The minimum absolute atomic E-state index is 1.06. The summed E-state index contributed by atoms with van der Waals surface area (Å²) >= 11 is 1.69. The molecule has 0 radical (unpaired) electrons. The van der Waals surface area contributed by atoms with Gasteiger partial charge in [-0.15, -0.1) is 11.3 Å². The predicted octanol–water partition coefficient (Wildman–Crippen LogP) is 4.79. The number of aromatic nitrogens is 1. The van der Waals surface area contributed by atoms with Gasteiger partial charge in [-0.05, 0) is 13.0 Å². The van der Waals surface area contributed by atoms with E-state index in [-0.39, 0.29) is 0 Å². The Morgan fingerprint density at radius 1 is 0.889 bits per heavy atom. The predicted molar refractivity (Wildman–Crippen MR) is 77.7 cm³/mol. The summed E-state index contributed by atoms with van der Waals surface area (Å²) in [5.41, 5.74) is 4.69. The summed E-state index contributed by atoms with van der Waals surface area (Å²) in [6.45, 7) is 2.11. The second kappa shape index (κ2) is 4.75. The van der Waals surface area contributed by atoms with Crippen molar-refractivity contribution in [3.63, 3.8) is 0 Å². The van der Waals surface area contributed by atoms with Gasteiger partial charge < -0.3 is 0 Å². The Balaban J connectivity index is 2.00. The van der Waals surface area contributed by atoms with E-state index in [2.05, 4.69) is 48.7 Å². The van der Waals surface area contributed by atoms with Crippen molar-refractivity contribution in [1.29, 1.82) is 0 Å². The Labute approximate surface area is 111 Å². The molecule has 0 N–H and O–H groups in total. The quantitative estimate of drug-likeness (QED) is 0.638. The van der Waals surface area contributed by atoms with E-state index in [0.717, 1.165) is 10.7 Å². The largest absolute Gasteiger partial charge is 0.236 e. The molecule has 1 heterocycles. The molecule has 0 unspecified atom stereocenters. The number of hydrogen-bond donors (Lipinski definition) is 0. The van der Waals surface area contributed by atoms with E-state index in [4.69, 9.17) is 4.98 Å². The van der Waals surface area contributed by atoms with Gasteiger partial charge >= 0.3 is 0 Å². The molecule has 0 saturated heterocycles. The highest BCUT2D eigenvalue weighted by atomic mass is 32.1. The Bertz CT molecular complexity index is 656. The third-order valence-electron chi connectivity index (χ3n) is 2.84. The van der Waals surface area contributed by atoms with Crippen LogP contribution in [0.2, 0.25) is 0 Å². The maximum atomic E-state index is 4.71. The van der Waals surface area contributed by atoms with Gasteiger partial charge in [0.1, 0.15) is 5.01 Å². The van der Waals surface area contributed by atoms with Gasteiger partial charge in [0.2, 0.25) is 0 Å². The molecule has 18 heavy (non-hydrogen) atoms. The molecule has 0 aliphatic heterocycles. The van der Waals surface area contributed by atoms with Gasteiger partial charge in [0.05, 0.1) is 5.69 Å². The summed E-state index contributed by atoms with van der Waals surface area (Å²) in [6.07, 6.45) is 0. The molecule has 0 fully saturated rings. The van der Waals surface area contributed by atoms with E-state index in [1.165, 1.54) is 16.7 Å². The lowest BCUT2D eigenvalue weighted by Crippen LogP contribution is -1.80.